The Balaban J connectivity index is 2.20. The molecule has 0 aromatic heterocycles. The minimum Gasteiger partial charge on any atom is -0.495 e. The van der Waals surface area contributed by atoms with E-state index in [1.54, 1.807) is 38.1 Å². The first kappa shape index (κ1) is 22.0. The molecule has 0 unspecified atom stereocenters. The lowest BCUT2D eigenvalue weighted by Crippen LogP contribution is -2.30. The SMILES string of the molecule is CCN(CC)S(=O)(=O)c1ccc(OC)c(NC(=O)COc2ccccc2Cl)c1. The zero-order chi connectivity index (χ0) is 20.7. The quantitative estimate of drug-likeness (QED) is 0.664. The van der Waals surface area contributed by atoms with E-state index in [4.69, 9.17) is 21.1 Å². The van der Waals surface area contributed by atoms with Crippen molar-refractivity contribution < 1.29 is 22.7 Å². The molecular formula is C19H23ClN2O5S. The molecular weight excluding hydrogens is 404 g/mol. The van der Waals surface area contributed by atoms with Crippen LogP contribution in [0.1, 0.15) is 13.8 Å². The van der Waals surface area contributed by atoms with Gasteiger partial charge in [-0.2, -0.15) is 4.31 Å². The van der Waals surface area contributed by atoms with E-state index in [0.29, 0.717) is 29.6 Å². The predicted octanol–water partition coefficient (Wildman–Crippen LogP) is 3.40. The third kappa shape index (κ3) is 5.15. The molecule has 0 aliphatic carbocycles. The molecule has 0 aliphatic heterocycles. The van der Waals surface area contributed by atoms with Crippen LogP contribution in [0.2, 0.25) is 5.02 Å². The number of rotatable bonds is 9. The fraction of sp³-hybridized carbons (Fsp3) is 0.316. The van der Waals surface area contributed by atoms with Crippen LogP contribution in [-0.4, -0.2) is 45.4 Å². The Morgan fingerprint density at radius 3 is 2.39 bits per heavy atom. The van der Waals surface area contributed by atoms with Crippen LogP contribution in [0.5, 0.6) is 11.5 Å². The first-order valence-electron chi connectivity index (χ1n) is 8.68. The summed E-state index contributed by atoms with van der Waals surface area (Å²) in [5.41, 5.74) is 0.239. The average molecular weight is 427 g/mol. The Bertz CT molecular complexity index is 930. The van der Waals surface area contributed by atoms with Gasteiger partial charge < -0.3 is 14.8 Å². The molecule has 0 saturated heterocycles. The van der Waals surface area contributed by atoms with Crippen molar-refractivity contribution in [3.63, 3.8) is 0 Å². The van der Waals surface area contributed by atoms with Gasteiger partial charge in [0.1, 0.15) is 11.5 Å². The van der Waals surface area contributed by atoms with Gasteiger partial charge in [0.2, 0.25) is 10.0 Å². The summed E-state index contributed by atoms with van der Waals surface area (Å²) in [6.07, 6.45) is 0. The molecule has 9 heteroatoms. The maximum absolute atomic E-state index is 12.7. The van der Waals surface area contributed by atoms with Crippen LogP contribution in [0.25, 0.3) is 0 Å². The number of anilines is 1. The smallest absolute Gasteiger partial charge is 0.262 e. The van der Waals surface area contributed by atoms with E-state index in [-0.39, 0.29) is 17.2 Å². The molecule has 1 N–H and O–H groups in total. The monoisotopic (exact) mass is 426 g/mol. The summed E-state index contributed by atoms with van der Waals surface area (Å²) in [5, 5.41) is 3.01. The molecule has 0 atom stereocenters. The van der Waals surface area contributed by atoms with Crippen molar-refractivity contribution in [2.75, 3.05) is 32.1 Å². The minimum absolute atomic E-state index is 0.0688. The Labute approximate surface area is 170 Å². The highest BCUT2D eigenvalue weighted by Gasteiger charge is 2.23. The molecule has 0 saturated carbocycles. The van der Waals surface area contributed by atoms with Crippen molar-refractivity contribution in [1.29, 1.82) is 0 Å². The van der Waals surface area contributed by atoms with Gasteiger partial charge in [-0.25, -0.2) is 8.42 Å². The number of methoxy groups -OCH3 is 1. The lowest BCUT2D eigenvalue weighted by Gasteiger charge is -2.19. The summed E-state index contributed by atoms with van der Waals surface area (Å²) < 4.78 is 37.4. The molecule has 2 aromatic carbocycles. The number of halogens is 1. The Morgan fingerprint density at radius 1 is 1.11 bits per heavy atom. The van der Waals surface area contributed by atoms with Gasteiger partial charge in [-0.05, 0) is 30.3 Å². The van der Waals surface area contributed by atoms with Crippen LogP contribution in [-0.2, 0) is 14.8 Å². The molecule has 0 spiro atoms. The molecule has 0 bridgehead atoms. The van der Waals surface area contributed by atoms with Gasteiger partial charge in [0.15, 0.2) is 6.61 Å². The summed E-state index contributed by atoms with van der Waals surface area (Å²) in [6, 6.07) is 11.1. The molecule has 0 heterocycles. The number of ether oxygens (including phenoxy) is 2. The minimum atomic E-state index is -3.67. The summed E-state index contributed by atoms with van der Waals surface area (Å²) >= 11 is 6.00. The summed E-state index contributed by atoms with van der Waals surface area (Å²) in [5.74, 6) is 0.240. The molecule has 152 valence electrons. The molecule has 28 heavy (non-hydrogen) atoms. The van der Waals surface area contributed by atoms with Crippen molar-refractivity contribution in [3.05, 3.63) is 47.5 Å². The topological polar surface area (TPSA) is 84.9 Å². The highest BCUT2D eigenvalue weighted by Crippen LogP contribution is 2.29. The van der Waals surface area contributed by atoms with Crippen LogP contribution in [0, 0.1) is 0 Å². The summed E-state index contributed by atoms with van der Waals surface area (Å²) in [4.78, 5) is 12.3. The first-order chi connectivity index (χ1) is 13.3. The second kappa shape index (κ2) is 9.77. The predicted molar refractivity (Wildman–Crippen MR) is 109 cm³/mol. The van der Waals surface area contributed by atoms with Crippen molar-refractivity contribution in [2.45, 2.75) is 18.7 Å². The third-order valence-corrected chi connectivity index (χ3v) is 6.34. The van der Waals surface area contributed by atoms with Gasteiger partial charge in [-0.15, -0.1) is 0 Å². The normalized spacial score (nSPS) is 11.3. The average Bonchev–Trinajstić information content (AvgIpc) is 2.68. The van der Waals surface area contributed by atoms with Crippen molar-refractivity contribution >= 4 is 33.2 Å². The van der Waals surface area contributed by atoms with Gasteiger partial charge >= 0.3 is 0 Å². The number of amides is 1. The van der Waals surface area contributed by atoms with Gasteiger partial charge in [0, 0.05) is 13.1 Å². The number of nitrogens with zero attached hydrogens (tertiary/aromatic N) is 1. The summed E-state index contributed by atoms with van der Waals surface area (Å²) in [7, 11) is -2.23. The number of benzene rings is 2. The van der Waals surface area contributed by atoms with E-state index in [2.05, 4.69) is 5.32 Å². The number of hydrogen-bond acceptors (Lipinski definition) is 5. The van der Waals surface area contributed by atoms with E-state index in [1.807, 2.05) is 0 Å². The second-order valence-corrected chi connectivity index (χ2v) is 8.06. The van der Waals surface area contributed by atoms with Crippen LogP contribution in [0.3, 0.4) is 0 Å². The maximum Gasteiger partial charge on any atom is 0.262 e. The first-order valence-corrected chi connectivity index (χ1v) is 10.5. The molecule has 2 aromatic rings. The number of carbonyl (C=O) groups excluding carboxylic acids is 1. The fourth-order valence-corrected chi connectivity index (χ4v) is 4.22. The molecule has 0 radical (unpaired) electrons. The van der Waals surface area contributed by atoms with Crippen LogP contribution in [0.4, 0.5) is 5.69 Å². The zero-order valence-corrected chi connectivity index (χ0v) is 17.5. The Kier molecular flexibility index (Phi) is 7.68. The fourth-order valence-electron chi connectivity index (χ4n) is 2.55. The van der Waals surface area contributed by atoms with Gasteiger partial charge in [-0.1, -0.05) is 37.6 Å². The van der Waals surface area contributed by atoms with Crippen molar-refractivity contribution in [1.82, 2.24) is 4.31 Å². The van der Waals surface area contributed by atoms with E-state index in [0.717, 1.165) is 0 Å². The lowest BCUT2D eigenvalue weighted by atomic mass is 10.3. The highest BCUT2D eigenvalue weighted by atomic mass is 35.5. The maximum atomic E-state index is 12.7. The number of carbonyl (C=O) groups is 1. The number of hydrogen-bond donors (Lipinski definition) is 1. The molecule has 7 nitrogen and oxygen atoms in total. The summed E-state index contributed by atoms with van der Waals surface area (Å²) in [6.45, 7) is 3.93. The number of para-hydroxylation sites is 1. The Morgan fingerprint density at radius 2 is 1.79 bits per heavy atom. The largest absolute Gasteiger partial charge is 0.495 e. The van der Waals surface area contributed by atoms with Crippen molar-refractivity contribution in [3.8, 4) is 11.5 Å². The number of nitrogens with one attached hydrogen (secondary N) is 1. The molecule has 1 amide bonds. The lowest BCUT2D eigenvalue weighted by molar-refractivity contribution is -0.118. The second-order valence-electron chi connectivity index (χ2n) is 5.72. The van der Waals surface area contributed by atoms with E-state index >= 15 is 0 Å². The third-order valence-electron chi connectivity index (χ3n) is 3.98. The van der Waals surface area contributed by atoms with Gasteiger partial charge in [0.05, 0.1) is 22.7 Å². The Hall–Kier alpha value is -2.29. The van der Waals surface area contributed by atoms with E-state index < -0.39 is 15.9 Å². The van der Waals surface area contributed by atoms with Crippen molar-refractivity contribution in [2.24, 2.45) is 0 Å². The zero-order valence-electron chi connectivity index (χ0n) is 15.9. The number of sulfonamides is 1. The van der Waals surface area contributed by atoms with Crippen LogP contribution in [0.15, 0.2) is 47.4 Å². The highest BCUT2D eigenvalue weighted by molar-refractivity contribution is 7.89. The van der Waals surface area contributed by atoms with E-state index in [1.165, 1.54) is 29.6 Å². The molecule has 0 aliphatic rings. The van der Waals surface area contributed by atoms with Crippen LogP contribution >= 0.6 is 11.6 Å². The van der Waals surface area contributed by atoms with Gasteiger partial charge in [-0.3, -0.25) is 4.79 Å². The molecule has 2 rings (SSSR count). The van der Waals surface area contributed by atoms with Gasteiger partial charge in [0.25, 0.3) is 5.91 Å². The van der Waals surface area contributed by atoms with Crippen LogP contribution < -0.4 is 14.8 Å². The standard InChI is InChI=1S/C19H23ClN2O5S/c1-4-22(5-2)28(24,25)14-10-11-18(26-3)16(12-14)21-19(23)13-27-17-9-7-6-8-15(17)20/h6-12H,4-5,13H2,1-3H3,(H,21,23). The van der Waals surface area contributed by atoms with E-state index in [9.17, 15) is 13.2 Å². The molecule has 0 fully saturated rings.